The molecule has 1 amide bonds. The zero-order valence-corrected chi connectivity index (χ0v) is 16.7. The molecule has 5 heteroatoms. The summed E-state index contributed by atoms with van der Waals surface area (Å²) in [5.74, 6) is 0.453. The minimum absolute atomic E-state index is 0.0194. The average molecular weight is 381 g/mol. The summed E-state index contributed by atoms with van der Waals surface area (Å²) < 4.78 is 5.20. The molecule has 1 N–H and O–H groups in total. The second-order valence-electron chi connectivity index (χ2n) is 6.15. The van der Waals surface area contributed by atoms with Crippen LogP contribution in [0.1, 0.15) is 31.4 Å². The lowest BCUT2D eigenvalue weighted by Gasteiger charge is -2.11. The van der Waals surface area contributed by atoms with Gasteiger partial charge in [0.15, 0.2) is 6.61 Å². The van der Waals surface area contributed by atoms with Crippen molar-refractivity contribution < 1.29 is 9.53 Å². The minimum Gasteiger partial charge on any atom is -0.479 e. The first-order valence-corrected chi connectivity index (χ1v) is 9.76. The number of carbonyl (C=O) groups excluding carboxylic acids is 1. The van der Waals surface area contributed by atoms with Gasteiger partial charge in [0.05, 0.1) is 0 Å². The van der Waals surface area contributed by atoms with Crippen molar-refractivity contribution in [2.75, 3.05) is 11.9 Å². The molecule has 0 saturated heterocycles. The molecular weight excluding hydrogens is 356 g/mol. The number of nitrogens with one attached hydrogen (secondary N) is 1. The predicted molar refractivity (Wildman–Crippen MR) is 112 cm³/mol. The number of nitrogens with zero attached hydrogens (tertiary/aromatic N) is 1. The van der Waals surface area contributed by atoms with Gasteiger partial charge in [-0.25, -0.2) is 0 Å². The van der Waals surface area contributed by atoms with Gasteiger partial charge in [-0.15, -0.1) is 11.8 Å². The molecule has 0 aromatic heterocycles. The lowest BCUT2D eigenvalue weighted by atomic mass is 10.2. The summed E-state index contributed by atoms with van der Waals surface area (Å²) in [7, 11) is 0. The third kappa shape index (κ3) is 6.84. The first-order chi connectivity index (χ1) is 13.0. The van der Waals surface area contributed by atoms with Crippen molar-refractivity contribution in [2.24, 2.45) is 0 Å². The van der Waals surface area contributed by atoms with Crippen molar-refractivity contribution in [1.29, 1.82) is 5.26 Å². The van der Waals surface area contributed by atoms with Crippen molar-refractivity contribution >= 4 is 29.4 Å². The van der Waals surface area contributed by atoms with E-state index in [-0.39, 0.29) is 12.5 Å². The van der Waals surface area contributed by atoms with Crippen LogP contribution in [-0.2, 0) is 4.79 Å². The van der Waals surface area contributed by atoms with E-state index in [1.54, 1.807) is 18.2 Å². The van der Waals surface area contributed by atoms with E-state index in [1.807, 2.05) is 49.0 Å². The van der Waals surface area contributed by atoms with Crippen LogP contribution in [0, 0.1) is 18.3 Å². The van der Waals surface area contributed by atoms with Crippen LogP contribution in [0.4, 0.5) is 5.69 Å². The van der Waals surface area contributed by atoms with Crippen LogP contribution in [-0.4, -0.2) is 17.8 Å². The predicted octanol–water partition coefficient (Wildman–Crippen LogP) is 5.44. The Balaban J connectivity index is 1.95. The van der Waals surface area contributed by atoms with Gasteiger partial charge in [0, 0.05) is 21.9 Å². The maximum Gasteiger partial charge on any atom is 0.248 e. The first kappa shape index (κ1) is 20.6. The molecule has 27 heavy (non-hydrogen) atoms. The van der Waals surface area contributed by atoms with Gasteiger partial charge >= 0.3 is 0 Å². The Kier molecular flexibility index (Phi) is 7.97. The molecule has 0 aliphatic rings. The number of anilines is 1. The highest BCUT2D eigenvalue weighted by atomic mass is 32.2. The summed E-state index contributed by atoms with van der Waals surface area (Å²) in [5, 5.41) is 12.0. The Hall–Kier alpha value is -2.71. The van der Waals surface area contributed by atoms with E-state index in [1.165, 1.54) is 11.0 Å². The molecule has 0 heterocycles. The number of nitriles is 1. The van der Waals surface area contributed by atoms with Crippen molar-refractivity contribution in [3.8, 4) is 11.8 Å². The first-order valence-electron chi connectivity index (χ1n) is 8.88. The van der Waals surface area contributed by atoms with Gasteiger partial charge in [0.25, 0.3) is 0 Å². The van der Waals surface area contributed by atoms with Crippen LogP contribution < -0.4 is 10.1 Å². The number of carbonyl (C=O) groups is 1. The molecule has 0 saturated carbocycles. The lowest BCUT2D eigenvalue weighted by molar-refractivity contribution is -0.111. The highest BCUT2D eigenvalue weighted by Crippen LogP contribution is 2.28. The minimum atomic E-state index is -0.176. The van der Waals surface area contributed by atoms with E-state index in [9.17, 15) is 4.79 Å². The number of thioether (sulfide) groups is 1. The normalized spacial score (nSPS) is 11.8. The number of rotatable bonds is 8. The summed E-state index contributed by atoms with van der Waals surface area (Å²) in [5.41, 5.74) is 2.74. The van der Waals surface area contributed by atoms with Crippen LogP contribution in [0.5, 0.6) is 5.75 Å². The number of aryl methyl sites for hydroxylation is 1. The molecule has 1 unspecified atom stereocenters. The van der Waals surface area contributed by atoms with Gasteiger partial charge in [-0.2, -0.15) is 5.26 Å². The smallest absolute Gasteiger partial charge is 0.248 e. The van der Waals surface area contributed by atoms with Crippen LogP contribution in [0.15, 0.2) is 53.4 Å². The summed E-state index contributed by atoms with van der Waals surface area (Å²) in [4.78, 5) is 13.4. The Morgan fingerprint density at radius 3 is 2.67 bits per heavy atom. The van der Waals surface area contributed by atoms with E-state index in [0.29, 0.717) is 11.0 Å². The molecule has 1 atom stereocenters. The van der Waals surface area contributed by atoms with Gasteiger partial charge in [-0.1, -0.05) is 26.0 Å². The molecule has 0 bridgehead atoms. The molecule has 0 aliphatic heterocycles. The summed E-state index contributed by atoms with van der Waals surface area (Å²) in [6, 6.07) is 15.2. The van der Waals surface area contributed by atoms with Crippen LogP contribution in [0.3, 0.4) is 0 Å². The van der Waals surface area contributed by atoms with E-state index >= 15 is 0 Å². The molecule has 4 nitrogen and oxygen atoms in total. The Morgan fingerprint density at radius 2 is 2.04 bits per heavy atom. The Bertz CT molecular complexity index is 838. The topological polar surface area (TPSA) is 62.1 Å². The zero-order valence-electron chi connectivity index (χ0n) is 15.9. The molecule has 0 fully saturated rings. The molecule has 2 aromatic carbocycles. The molecule has 2 aromatic rings. The van der Waals surface area contributed by atoms with Gasteiger partial charge < -0.3 is 10.1 Å². The second-order valence-corrected chi connectivity index (χ2v) is 7.66. The number of hydrogen-bond donors (Lipinski definition) is 1. The fraction of sp³-hybridized carbons (Fsp3) is 0.273. The third-order valence-electron chi connectivity index (χ3n) is 3.98. The molecule has 0 aliphatic carbocycles. The fourth-order valence-corrected chi connectivity index (χ4v) is 3.33. The van der Waals surface area contributed by atoms with Gasteiger partial charge in [0.1, 0.15) is 11.8 Å². The largest absolute Gasteiger partial charge is 0.479 e. The average Bonchev–Trinajstić information content (AvgIpc) is 2.67. The standard InChI is InChI=1S/C22H24N2O2S/c1-4-17(3)27-20-10-11-21(16(2)15-20)24-22(25)12-7-18-5-8-19(9-6-18)26-14-13-23/h5-12,15,17H,4,14H2,1-3H3,(H,24,25)/b12-7+. The third-order valence-corrected chi connectivity index (χ3v) is 5.24. The maximum absolute atomic E-state index is 12.2. The van der Waals surface area contributed by atoms with Crippen molar-refractivity contribution in [2.45, 2.75) is 37.3 Å². The van der Waals surface area contributed by atoms with Crippen molar-refractivity contribution in [1.82, 2.24) is 0 Å². The Morgan fingerprint density at radius 1 is 1.30 bits per heavy atom. The van der Waals surface area contributed by atoms with E-state index in [0.717, 1.165) is 23.2 Å². The Labute approximate surface area is 165 Å². The summed E-state index contributed by atoms with van der Waals surface area (Å²) >= 11 is 1.84. The molecule has 0 spiro atoms. The van der Waals surface area contributed by atoms with E-state index in [2.05, 4.69) is 25.2 Å². The summed E-state index contributed by atoms with van der Waals surface area (Å²) in [6.45, 7) is 6.41. The highest BCUT2D eigenvalue weighted by molar-refractivity contribution is 7.99. The number of ether oxygens (including phenoxy) is 1. The van der Waals surface area contributed by atoms with Gasteiger partial charge in [-0.3, -0.25) is 4.79 Å². The quantitative estimate of drug-likeness (QED) is 0.489. The molecule has 0 radical (unpaired) electrons. The number of benzene rings is 2. The van der Waals surface area contributed by atoms with Gasteiger partial charge in [-0.05, 0) is 60.9 Å². The monoisotopic (exact) mass is 380 g/mol. The molecule has 2 rings (SSSR count). The number of amides is 1. The van der Waals surface area contributed by atoms with Crippen molar-refractivity contribution in [3.05, 3.63) is 59.7 Å². The second kappa shape index (κ2) is 10.4. The SMILES string of the molecule is CCC(C)Sc1ccc(NC(=O)/C=C/c2ccc(OCC#N)cc2)c(C)c1. The highest BCUT2D eigenvalue weighted by Gasteiger charge is 2.06. The lowest BCUT2D eigenvalue weighted by Crippen LogP contribution is -2.09. The molecule has 140 valence electrons. The molecular formula is C22H24N2O2S. The van der Waals surface area contributed by atoms with Crippen LogP contribution in [0.25, 0.3) is 6.08 Å². The van der Waals surface area contributed by atoms with E-state index < -0.39 is 0 Å². The summed E-state index contributed by atoms with van der Waals surface area (Å²) in [6.07, 6.45) is 4.37. The van der Waals surface area contributed by atoms with E-state index in [4.69, 9.17) is 10.00 Å². The fourth-order valence-electron chi connectivity index (χ4n) is 2.30. The maximum atomic E-state index is 12.2. The van der Waals surface area contributed by atoms with Crippen molar-refractivity contribution in [3.63, 3.8) is 0 Å². The van der Waals surface area contributed by atoms with Crippen LogP contribution >= 0.6 is 11.8 Å². The van der Waals surface area contributed by atoms with Crippen LogP contribution in [0.2, 0.25) is 0 Å². The number of hydrogen-bond acceptors (Lipinski definition) is 4. The van der Waals surface area contributed by atoms with Gasteiger partial charge in [0.2, 0.25) is 5.91 Å². The zero-order chi connectivity index (χ0) is 19.6.